The molecule has 0 fully saturated rings. The summed E-state index contributed by atoms with van der Waals surface area (Å²) in [6.07, 6.45) is 3.43. The van der Waals surface area contributed by atoms with Gasteiger partial charge in [0.2, 0.25) is 0 Å². The fourth-order valence-corrected chi connectivity index (χ4v) is 1.87. The molecule has 1 aromatic carbocycles. The Morgan fingerprint density at radius 3 is 2.59 bits per heavy atom. The van der Waals surface area contributed by atoms with Crippen LogP contribution in [0.1, 0.15) is 36.2 Å². The Hall–Kier alpha value is -2.43. The predicted molar refractivity (Wildman–Crippen MR) is 84.3 cm³/mol. The van der Waals surface area contributed by atoms with E-state index in [1.54, 1.807) is 19.1 Å². The van der Waals surface area contributed by atoms with Crippen LogP contribution in [0.3, 0.4) is 0 Å². The van der Waals surface area contributed by atoms with Crippen LogP contribution in [0, 0.1) is 5.92 Å². The van der Waals surface area contributed by atoms with Crippen molar-refractivity contribution in [2.24, 2.45) is 5.92 Å². The van der Waals surface area contributed by atoms with Crippen molar-refractivity contribution in [1.29, 1.82) is 0 Å². The van der Waals surface area contributed by atoms with Crippen molar-refractivity contribution in [3.8, 4) is 0 Å². The van der Waals surface area contributed by atoms with Gasteiger partial charge in [-0.1, -0.05) is 37.3 Å². The van der Waals surface area contributed by atoms with Crippen LogP contribution >= 0.6 is 0 Å². The molecular formula is C17H21NO4. The van der Waals surface area contributed by atoms with Gasteiger partial charge in [0.1, 0.15) is 12.2 Å². The Morgan fingerprint density at radius 1 is 1.27 bits per heavy atom. The molecule has 1 amide bonds. The highest BCUT2D eigenvalue weighted by Gasteiger charge is 2.18. The van der Waals surface area contributed by atoms with Gasteiger partial charge in [0.15, 0.2) is 0 Å². The van der Waals surface area contributed by atoms with E-state index in [0.717, 1.165) is 5.56 Å². The molecule has 1 rings (SSSR count). The van der Waals surface area contributed by atoms with Crippen LogP contribution in [0.2, 0.25) is 0 Å². The van der Waals surface area contributed by atoms with Crippen LogP contribution in [0.4, 0.5) is 0 Å². The summed E-state index contributed by atoms with van der Waals surface area (Å²) in [6.45, 7) is 3.73. The molecule has 0 aromatic heterocycles. The Balaban J connectivity index is 2.63. The minimum Gasteiger partial charge on any atom is -0.469 e. The summed E-state index contributed by atoms with van der Waals surface area (Å²) in [5, 5.41) is 2.72. The lowest BCUT2D eigenvalue weighted by Crippen LogP contribution is -2.32. The van der Waals surface area contributed by atoms with Crippen LogP contribution in [-0.4, -0.2) is 31.3 Å². The lowest BCUT2D eigenvalue weighted by atomic mass is 10.0. The molecule has 1 unspecified atom stereocenters. The van der Waals surface area contributed by atoms with Gasteiger partial charge in [-0.3, -0.25) is 14.4 Å². The highest BCUT2D eigenvalue weighted by Crippen LogP contribution is 2.11. The maximum Gasteiger partial charge on any atom is 0.313 e. The van der Waals surface area contributed by atoms with E-state index in [0.29, 0.717) is 5.56 Å². The van der Waals surface area contributed by atoms with Crippen LogP contribution in [0.25, 0.3) is 6.08 Å². The smallest absolute Gasteiger partial charge is 0.313 e. The number of carbonyl (C=O) groups excluding carboxylic acids is 3. The number of hydrogen-bond acceptors (Lipinski definition) is 4. The van der Waals surface area contributed by atoms with Gasteiger partial charge < -0.3 is 10.1 Å². The second-order valence-electron chi connectivity index (χ2n) is 4.92. The van der Waals surface area contributed by atoms with Gasteiger partial charge in [-0.25, -0.2) is 0 Å². The Kier molecular flexibility index (Phi) is 7.02. The van der Waals surface area contributed by atoms with E-state index in [1.165, 1.54) is 7.11 Å². The predicted octanol–water partition coefficient (Wildman–Crippen LogP) is 2.22. The zero-order chi connectivity index (χ0) is 16.5. The first-order chi connectivity index (χ1) is 10.5. The maximum absolute atomic E-state index is 12.2. The number of esters is 1. The average Bonchev–Trinajstić information content (AvgIpc) is 2.52. The number of carbonyl (C=O) groups is 3. The van der Waals surface area contributed by atoms with E-state index in [4.69, 9.17) is 0 Å². The SMILES string of the molecule is C/C=C/c1ccccc1C(=O)NCC(C)C(=O)CC(=O)OC. The first kappa shape index (κ1) is 17.6. The number of rotatable bonds is 7. The molecular weight excluding hydrogens is 282 g/mol. The molecule has 0 aliphatic rings. The summed E-state index contributed by atoms with van der Waals surface area (Å²) < 4.78 is 4.45. The zero-order valence-corrected chi connectivity index (χ0v) is 13.1. The van der Waals surface area contributed by atoms with Crippen LogP contribution in [0.5, 0.6) is 0 Å². The topological polar surface area (TPSA) is 72.5 Å². The van der Waals surface area contributed by atoms with E-state index < -0.39 is 11.9 Å². The average molecular weight is 303 g/mol. The van der Waals surface area contributed by atoms with Crippen molar-refractivity contribution in [3.63, 3.8) is 0 Å². The van der Waals surface area contributed by atoms with Gasteiger partial charge >= 0.3 is 5.97 Å². The summed E-state index contributed by atoms with van der Waals surface area (Å²) in [5.41, 5.74) is 1.37. The van der Waals surface area contributed by atoms with E-state index in [2.05, 4.69) is 10.1 Å². The normalized spacial score (nSPS) is 12.0. The lowest BCUT2D eigenvalue weighted by Gasteiger charge is -2.12. The van der Waals surface area contributed by atoms with E-state index in [9.17, 15) is 14.4 Å². The Labute approximate surface area is 130 Å². The lowest BCUT2D eigenvalue weighted by molar-refractivity contribution is -0.144. The number of methoxy groups -OCH3 is 1. The summed E-state index contributed by atoms with van der Waals surface area (Å²) >= 11 is 0. The van der Waals surface area contributed by atoms with Gasteiger partial charge in [-0.15, -0.1) is 0 Å². The number of nitrogens with one attached hydrogen (secondary N) is 1. The minimum absolute atomic E-state index is 0.179. The fraction of sp³-hybridized carbons (Fsp3) is 0.353. The van der Waals surface area contributed by atoms with E-state index >= 15 is 0 Å². The number of allylic oxidation sites excluding steroid dienone is 1. The first-order valence-corrected chi connectivity index (χ1v) is 7.09. The van der Waals surface area contributed by atoms with Gasteiger partial charge in [-0.2, -0.15) is 0 Å². The quantitative estimate of drug-likeness (QED) is 0.619. The van der Waals surface area contributed by atoms with Crippen molar-refractivity contribution in [3.05, 3.63) is 41.5 Å². The minimum atomic E-state index is -0.568. The highest BCUT2D eigenvalue weighted by atomic mass is 16.5. The summed E-state index contributed by atoms with van der Waals surface area (Å²) in [6, 6.07) is 7.22. The number of hydrogen-bond donors (Lipinski definition) is 1. The molecule has 5 nitrogen and oxygen atoms in total. The molecule has 0 aliphatic carbocycles. The Bertz CT molecular complexity index is 578. The van der Waals surface area contributed by atoms with Crippen molar-refractivity contribution >= 4 is 23.7 Å². The molecule has 0 saturated heterocycles. The summed E-state index contributed by atoms with van der Waals surface area (Å²) in [5.74, 6) is -1.51. The number of ether oxygens (including phenoxy) is 1. The van der Waals surface area contributed by atoms with Crippen molar-refractivity contribution in [1.82, 2.24) is 5.32 Å². The van der Waals surface area contributed by atoms with Crippen molar-refractivity contribution in [2.45, 2.75) is 20.3 Å². The number of amides is 1. The molecule has 5 heteroatoms. The van der Waals surface area contributed by atoms with Gasteiger partial charge in [0, 0.05) is 18.0 Å². The standard InChI is InChI=1S/C17H21NO4/c1-4-7-13-8-5-6-9-14(13)17(21)18-11-12(2)15(19)10-16(20)22-3/h4-9,12H,10-11H2,1-3H3,(H,18,21)/b7-4+. The highest BCUT2D eigenvalue weighted by molar-refractivity contribution is 5.99. The number of Topliss-reactive ketones (excluding diaryl/α,β-unsaturated/α-hetero) is 1. The molecule has 0 saturated carbocycles. The molecule has 1 N–H and O–H groups in total. The molecule has 22 heavy (non-hydrogen) atoms. The molecule has 0 radical (unpaired) electrons. The van der Waals surface area contributed by atoms with Crippen LogP contribution in [-0.2, 0) is 14.3 Å². The number of benzene rings is 1. The summed E-state index contributed by atoms with van der Waals surface area (Å²) in [4.78, 5) is 35.0. The van der Waals surface area contributed by atoms with Crippen molar-refractivity contribution in [2.75, 3.05) is 13.7 Å². The largest absolute Gasteiger partial charge is 0.469 e. The fourth-order valence-electron chi connectivity index (χ4n) is 1.87. The van der Waals surface area contributed by atoms with Gasteiger partial charge in [-0.05, 0) is 18.6 Å². The van der Waals surface area contributed by atoms with E-state index in [1.807, 2.05) is 31.2 Å². The van der Waals surface area contributed by atoms with Crippen LogP contribution in [0.15, 0.2) is 30.3 Å². The molecule has 0 spiro atoms. The molecule has 1 aromatic rings. The molecule has 0 aliphatic heterocycles. The third-order valence-corrected chi connectivity index (χ3v) is 3.22. The molecule has 1 atom stereocenters. The third kappa shape index (κ3) is 5.16. The Morgan fingerprint density at radius 2 is 1.95 bits per heavy atom. The monoisotopic (exact) mass is 303 g/mol. The van der Waals surface area contributed by atoms with Crippen LogP contribution < -0.4 is 5.32 Å². The van der Waals surface area contributed by atoms with E-state index in [-0.39, 0.29) is 24.7 Å². The molecule has 0 bridgehead atoms. The molecule has 0 heterocycles. The van der Waals surface area contributed by atoms with Gasteiger partial charge in [0.05, 0.1) is 7.11 Å². The third-order valence-electron chi connectivity index (χ3n) is 3.22. The van der Waals surface area contributed by atoms with Gasteiger partial charge in [0.25, 0.3) is 5.91 Å². The second-order valence-corrected chi connectivity index (χ2v) is 4.92. The zero-order valence-electron chi connectivity index (χ0n) is 13.1. The van der Waals surface area contributed by atoms with Crippen molar-refractivity contribution < 1.29 is 19.1 Å². The number of ketones is 1. The maximum atomic E-state index is 12.2. The first-order valence-electron chi connectivity index (χ1n) is 7.09. The summed E-state index contributed by atoms with van der Waals surface area (Å²) in [7, 11) is 1.24. The second kappa shape index (κ2) is 8.77. The molecule has 118 valence electrons.